The van der Waals surface area contributed by atoms with Crippen LogP contribution in [-0.2, 0) is 122 Å². The number of aromatic nitrogens is 4. The smallest absolute Gasteiger partial charge is 0.307 e. The fourth-order valence-electron chi connectivity index (χ4n) is 8.63. The average molecular weight is 851 g/mol. The zero-order valence-corrected chi connectivity index (χ0v) is 33.1. The first-order chi connectivity index (χ1) is 28.7. The molecule has 0 atom stereocenters. The van der Waals surface area contributed by atoms with Crippen molar-refractivity contribution in [1.82, 2.24) is 19.5 Å². The molecule has 0 unspecified atom stereocenters. The van der Waals surface area contributed by atoms with Crippen LogP contribution in [0.3, 0.4) is 0 Å². The predicted molar refractivity (Wildman–Crippen MR) is 208 cm³/mol. The predicted octanol–water partition coefficient (Wildman–Crippen LogP) is 2.26. The summed E-state index contributed by atoms with van der Waals surface area (Å²) in [4.78, 5) is 107. The Hall–Kier alpha value is -7.12. The molecule has 5 rings (SSSR count). The zero-order valence-electron chi connectivity index (χ0n) is 33.1. The lowest BCUT2D eigenvalue weighted by molar-refractivity contribution is -0.138. The molecule has 0 fully saturated rings. The van der Waals surface area contributed by atoms with Crippen LogP contribution in [0.1, 0.15) is 116 Å². The molecule has 4 aromatic heterocycles. The van der Waals surface area contributed by atoms with Crippen LogP contribution in [0.2, 0.25) is 0 Å². The number of carboxylic acid groups (broad SMARTS) is 8. The summed E-state index contributed by atoms with van der Waals surface area (Å²) >= 11 is 0. The van der Waals surface area contributed by atoms with Crippen LogP contribution in [0.15, 0.2) is 0 Å². The molecule has 0 spiro atoms. The Labute approximate surface area is 345 Å². The number of rotatable bonds is 20. The van der Waals surface area contributed by atoms with Crippen LogP contribution >= 0.6 is 0 Å². The number of aliphatic carboxylic acids is 8. The number of hydrogen-bond acceptors (Lipinski definition) is 8. The molecule has 61 heavy (non-hydrogen) atoms. The van der Waals surface area contributed by atoms with Crippen LogP contribution in [0, 0.1) is 0 Å². The normalized spacial score (nSPS) is 12.3. The van der Waals surface area contributed by atoms with Gasteiger partial charge in [-0.3, -0.25) is 38.4 Å². The topological polar surface area (TPSA) is 351 Å². The van der Waals surface area contributed by atoms with E-state index < -0.39 is 99.1 Å². The quantitative estimate of drug-likeness (QED) is 0.0535. The summed E-state index contributed by atoms with van der Waals surface area (Å²) in [5.41, 5.74) is 4.80. The van der Waals surface area contributed by atoms with Gasteiger partial charge in [-0.05, 0) is 70.2 Å². The van der Waals surface area contributed by atoms with Gasteiger partial charge in [0.25, 0.3) is 0 Å². The van der Waals surface area contributed by atoms with E-state index in [1.807, 2.05) is 0 Å². The fraction of sp³-hybridized carbons (Fsp3) is 0.415. The Morgan fingerprint density at radius 1 is 0.361 bits per heavy atom. The van der Waals surface area contributed by atoms with E-state index >= 15 is 0 Å². The van der Waals surface area contributed by atoms with Gasteiger partial charge in [0.15, 0.2) is 0 Å². The highest BCUT2D eigenvalue weighted by atomic mass is 16.4. The minimum atomic E-state index is -1.27. The molecule has 1 aliphatic heterocycles. The maximum Gasteiger partial charge on any atom is 0.307 e. The highest BCUT2D eigenvalue weighted by Gasteiger charge is 2.31. The molecule has 0 aromatic carbocycles. The Morgan fingerprint density at radius 2 is 0.607 bits per heavy atom. The number of carboxylic acids is 8. The Kier molecular flexibility index (Phi) is 13.9. The maximum atomic E-state index is 12.5. The van der Waals surface area contributed by atoms with Gasteiger partial charge < -0.3 is 60.4 Å². The van der Waals surface area contributed by atoms with Gasteiger partial charge in [-0.25, -0.2) is 0 Å². The lowest BCUT2D eigenvalue weighted by Gasteiger charge is -2.12. The van der Waals surface area contributed by atoms with Gasteiger partial charge in [-0.15, -0.1) is 0 Å². The van der Waals surface area contributed by atoms with Crippen LogP contribution in [-0.4, -0.2) is 108 Å². The first-order valence-electron chi connectivity index (χ1n) is 19.3. The second-order valence-corrected chi connectivity index (χ2v) is 15.1. The average Bonchev–Trinajstić information content (AvgIpc) is 3.80. The zero-order chi connectivity index (χ0) is 44.9. The lowest BCUT2D eigenvalue weighted by atomic mass is 9.93. The summed E-state index contributed by atoms with van der Waals surface area (Å²) in [5.74, 6) is -9.82. The van der Waals surface area contributed by atoms with Gasteiger partial charge in [-0.1, -0.05) is 0 Å². The summed E-state index contributed by atoms with van der Waals surface area (Å²) < 4.78 is 1.66. The molecular formula is C41H46N4O16. The van der Waals surface area contributed by atoms with Crippen LogP contribution in [0.4, 0.5) is 0 Å². The van der Waals surface area contributed by atoms with Gasteiger partial charge in [0, 0.05) is 104 Å². The largest absolute Gasteiger partial charge is 0.481 e. The number of aromatic amines is 3. The molecule has 326 valence electrons. The molecule has 0 amide bonds. The van der Waals surface area contributed by atoms with Crippen molar-refractivity contribution >= 4 is 47.8 Å². The summed E-state index contributed by atoms with van der Waals surface area (Å²) in [6.45, 7) is 0. The monoisotopic (exact) mass is 850 g/mol. The van der Waals surface area contributed by atoms with E-state index in [4.69, 9.17) is 0 Å². The molecule has 20 nitrogen and oxygen atoms in total. The molecule has 11 N–H and O–H groups in total. The molecule has 0 saturated heterocycles. The van der Waals surface area contributed by atoms with Crippen molar-refractivity contribution in [2.24, 2.45) is 7.05 Å². The number of carbonyl (C=O) groups is 8. The highest BCUT2D eigenvalue weighted by molar-refractivity contribution is 5.76. The fourth-order valence-corrected chi connectivity index (χ4v) is 8.63. The Morgan fingerprint density at radius 3 is 0.918 bits per heavy atom. The van der Waals surface area contributed by atoms with E-state index in [-0.39, 0.29) is 85.0 Å². The lowest BCUT2D eigenvalue weighted by Crippen LogP contribution is -2.10. The molecule has 5 heterocycles. The number of H-pyrrole nitrogens is 3. The van der Waals surface area contributed by atoms with Gasteiger partial charge in [0.05, 0.1) is 25.7 Å². The SMILES string of the molecule is Cn1c2c(CCC(=O)O)c(CC(=O)O)c1Cc1[nH]c(c(CC(=O)O)c1CCC(=O)O)Cc1[nH]c(c(CC(=O)O)c1CCC(=O)O)Cc1[nH]c(c(CC(=O)O)c1CCC(=O)O)C2. The van der Waals surface area contributed by atoms with Crippen molar-refractivity contribution in [3.8, 4) is 0 Å². The molecule has 1 aliphatic rings. The summed E-state index contributed by atoms with van der Waals surface area (Å²) in [6, 6.07) is 0. The minimum absolute atomic E-state index is 0.130. The van der Waals surface area contributed by atoms with Crippen LogP contribution in [0.5, 0.6) is 0 Å². The van der Waals surface area contributed by atoms with Gasteiger partial charge >= 0.3 is 47.8 Å². The number of fused-ring (bicyclic) bond motifs is 8. The number of hydrogen-bond donors (Lipinski definition) is 11. The van der Waals surface area contributed by atoms with Crippen molar-refractivity contribution in [2.75, 3.05) is 0 Å². The highest BCUT2D eigenvalue weighted by Crippen LogP contribution is 2.36. The number of nitrogens with zero attached hydrogens (tertiary/aromatic N) is 1. The Bertz CT molecular complexity index is 2440. The van der Waals surface area contributed by atoms with E-state index in [1.165, 1.54) is 0 Å². The molecule has 0 radical (unpaired) electrons. The second-order valence-electron chi connectivity index (χ2n) is 15.1. The van der Waals surface area contributed by atoms with Crippen molar-refractivity contribution in [3.05, 3.63) is 90.1 Å². The van der Waals surface area contributed by atoms with E-state index in [9.17, 15) is 79.2 Å². The van der Waals surface area contributed by atoms with Gasteiger partial charge in [0.1, 0.15) is 0 Å². The first-order valence-corrected chi connectivity index (χ1v) is 19.3. The van der Waals surface area contributed by atoms with Gasteiger partial charge in [-0.2, -0.15) is 0 Å². The molecule has 0 saturated carbocycles. The number of nitrogens with one attached hydrogen (secondary N) is 3. The van der Waals surface area contributed by atoms with Crippen molar-refractivity contribution < 1.29 is 79.2 Å². The third-order valence-electron chi connectivity index (χ3n) is 11.1. The third kappa shape index (κ3) is 10.7. The molecule has 20 heteroatoms. The minimum Gasteiger partial charge on any atom is -0.481 e. The maximum absolute atomic E-state index is 12.5. The van der Waals surface area contributed by atoms with E-state index in [2.05, 4.69) is 15.0 Å². The molecular weight excluding hydrogens is 804 g/mol. The van der Waals surface area contributed by atoms with Crippen LogP contribution in [0.25, 0.3) is 0 Å². The summed E-state index contributed by atoms with van der Waals surface area (Å²) in [7, 11) is 1.61. The van der Waals surface area contributed by atoms with Crippen molar-refractivity contribution in [2.45, 2.75) is 103 Å². The Balaban J connectivity index is 1.93. The third-order valence-corrected chi connectivity index (χ3v) is 11.1. The summed E-state index contributed by atoms with van der Waals surface area (Å²) in [6.07, 6.45) is -5.23. The van der Waals surface area contributed by atoms with Crippen molar-refractivity contribution in [1.29, 1.82) is 0 Å². The van der Waals surface area contributed by atoms with Crippen LogP contribution < -0.4 is 0 Å². The summed E-state index contributed by atoms with van der Waals surface area (Å²) in [5, 5.41) is 79.4. The van der Waals surface area contributed by atoms with Crippen molar-refractivity contribution in [3.63, 3.8) is 0 Å². The second kappa shape index (κ2) is 18.9. The molecule has 0 aliphatic carbocycles. The standard InChI is InChI=1S/C41H46N4O16/c1-45-32-17-31-24(12-40(58)59)19(3-7-35(48)49)27(43-31)15-28-22(10-38(54)55)18(2-6-34(46)47)26(42-28)14-29-23(11-39(56)57)20(4-8-36(50)51)30(44-29)16-33(45)25(13-41(60)61)21(32)5-9-37(52)53/h42-44H,2-17H2,1H3,(H,46,47)(H,48,49)(H,50,51)(H,52,53)(H,54,55)(H,56,57)(H,58,59)(H,60,61). The van der Waals surface area contributed by atoms with E-state index in [1.54, 1.807) is 11.6 Å². The van der Waals surface area contributed by atoms with E-state index in [0.717, 1.165) is 0 Å². The first kappa shape index (κ1) is 45.0. The molecule has 8 bridgehead atoms. The van der Waals surface area contributed by atoms with Gasteiger partial charge in [0.2, 0.25) is 0 Å². The van der Waals surface area contributed by atoms with E-state index in [0.29, 0.717) is 56.4 Å². The molecule has 4 aromatic rings.